The maximum atomic E-state index is 11.5. The fourth-order valence-corrected chi connectivity index (χ4v) is 2.18. The normalized spacial score (nSPS) is 18.8. The van der Waals surface area contributed by atoms with E-state index in [9.17, 15) is 9.59 Å². The van der Waals surface area contributed by atoms with Crippen LogP contribution in [0.1, 0.15) is 4.88 Å². The van der Waals surface area contributed by atoms with Crippen molar-refractivity contribution < 1.29 is 9.59 Å². The first-order chi connectivity index (χ1) is 7.08. The number of amides is 3. The van der Waals surface area contributed by atoms with Crippen LogP contribution in [-0.2, 0) is 4.79 Å². The Labute approximate surface area is 95.1 Å². The molecule has 0 bridgehead atoms. The first-order valence-corrected chi connectivity index (χ1v) is 5.33. The average molecular weight is 243 g/mol. The van der Waals surface area contributed by atoms with Crippen LogP contribution < -0.4 is 5.32 Å². The van der Waals surface area contributed by atoms with Gasteiger partial charge < -0.3 is 5.32 Å². The molecular formula is C9H7ClN2O2S. The number of urea groups is 1. The Morgan fingerprint density at radius 2 is 2.20 bits per heavy atom. The van der Waals surface area contributed by atoms with Gasteiger partial charge >= 0.3 is 6.03 Å². The Balaban J connectivity index is 2.29. The van der Waals surface area contributed by atoms with Gasteiger partial charge in [0.25, 0.3) is 5.91 Å². The molecule has 4 nitrogen and oxygen atoms in total. The van der Waals surface area contributed by atoms with Crippen LogP contribution in [0.3, 0.4) is 0 Å². The van der Waals surface area contributed by atoms with Crippen LogP contribution in [0.2, 0.25) is 4.34 Å². The lowest BCUT2D eigenvalue weighted by Crippen LogP contribution is -2.25. The average Bonchev–Trinajstić information content (AvgIpc) is 2.68. The van der Waals surface area contributed by atoms with Crippen molar-refractivity contribution >= 4 is 41.0 Å². The van der Waals surface area contributed by atoms with Crippen molar-refractivity contribution in [3.63, 3.8) is 0 Å². The summed E-state index contributed by atoms with van der Waals surface area (Å²) in [6, 6.07) is 3.12. The number of nitrogens with zero attached hydrogens (tertiary/aromatic N) is 1. The molecule has 0 saturated carbocycles. The summed E-state index contributed by atoms with van der Waals surface area (Å²) in [5.74, 6) is -0.329. The van der Waals surface area contributed by atoms with Gasteiger partial charge in [-0.3, -0.25) is 9.69 Å². The first-order valence-electron chi connectivity index (χ1n) is 4.14. The van der Waals surface area contributed by atoms with Gasteiger partial charge in [0.15, 0.2) is 0 Å². The van der Waals surface area contributed by atoms with Crippen LogP contribution in [-0.4, -0.2) is 23.9 Å². The summed E-state index contributed by atoms with van der Waals surface area (Å²) in [5, 5.41) is 2.47. The quantitative estimate of drug-likeness (QED) is 0.604. The molecule has 0 unspecified atom stereocenters. The topological polar surface area (TPSA) is 49.4 Å². The van der Waals surface area contributed by atoms with Gasteiger partial charge in [-0.25, -0.2) is 4.79 Å². The number of halogens is 1. The van der Waals surface area contributed by atoms with Gasteiger partial charge in [-0.15, -0.1) is 11.3 Å². The molecule has 0 atom stereocenters. The molecule has 15 heavy (non-hydrogen) atoms. The maximum Gasteiger partial charge on any atom is 0.328 e. The molecule has 1 saturated heterocycles. The van der Waals surface area contributed by atoms with Crippen LogP contribution in [0.5, 0.6) is 0 Å². The van der Waals surface area contributed by atoms with Gasteiger partial charge in [0.05, 0.1) is 4.34 Å². The molecule has 1 N–H and O–H groups in total. The minimum atomic E-state index is -0.408. The lowest BCUT2D eigenvalue weighted by molar-refractivity contribution is -0.121. The van der Waals surface area contributed by atoms with Crippen LogP contribution in [0.15, 0.2) is 17.8 Å². The standard InChI is InChI=1S/C9H7ClN2O2S/c1-12-8(13)6(11-9(12)14)4-5-2-3-7(10)15-5/h2-4H,1H3,(H,11,14)/b6-4+. The number of carbonyl (C=O) groups excluding carboxylic acids is 2. The van der Waals surface area contributed by atoms with E-state index in [-0.39, 0.29) is 11.6 Å². The van der Waals surface area contributed by atoms with E-state index in [1.807, 2.05) is 0 Å². The molecule has 2 heterocycles. The largest absolute Gasteiger partial charge is 0.328 e. The summed E-state index contributed by atoms with van der Waals surface area (Å²) in [4.78, 5) is 24.5. The molecule has 1 fully saturated rings. The molecule has 0 aliphatic carbocycles. The summed E-state index contributed by atoms with van der Waals surface area (Å²) in [6.07, 6.45) is 1.61. The van der Waals surface area contributed by atoms with Crippen LogP contribution in [0.4, 0.5) is 4.79 Å². The monoisotopic (exact) mass is 242 g/mol. The highest BCUT2D eigenvalue weighted by Gasteiger charge is 2.29. The van der Waals surface area contributed by atoms with Crippen LogP contribution in [0, 0.1) is 0 Å². The van der Waals surface area contributed by atoms with Gasteiger partial charge in [0, 0.05) is 11.9 Å². The van der Waals surface area contributed by atoms with Crippen molar-refractivity contribution in [2.24, 2.45) is 0 Å². The number of hydrogen-bond acceptors (Lipinski definition) is 3. The summed E-state index contributed by atoms with van der Waals surface area (Å²) in [7, 11) is 1.43. The number of likely N-dealkylation sites (N-methyl/N-ethyl adjacent to an activating group) is 1. The maximum absolute atomic E-state index is 11.5. The van der Waals surface area contributed by atoms with Gasteiger partial charge in [-0.1, -0.05) is 11.6 Å². The second-order valence-corrected chi connectivity index (χ2v) is 4.74. The molecule has 0 spiro atoms. The zero-order chi connectivity index (χ0) is 11.0. The zero-order valence-electron chi connectivity index (χ0n) is 7.78. The lowest BCUT2D eigenvalue weighted by atomic mass is 10.3. The zero-order valence-corrected chi connectivity index (χ0v) is 9.35. The molecular weight excluding hydrogens is 236 g/mol. The predicted octanol–water partition coefficient (Wildman–Crippen LogP) is 1.92. The Morgan fingerprint density at radius 1 is 1.47 bits per heavy atom. The summed E-state index contributed by atoms with van der Waals surface area (Å²) < 4.78 is 0.645. The van der Waals surface area contributed by atoms with E-state index in [0.717, 1.165) is 9.78 Å². The third kappa shape index (κ3) is 1.88. The Morgan fingerprint density at radius 3 is 2.67 bits per heavy atom. The van der Waals surface area contributed by atoms with Crippen molar-refractivity contribution in [2.45, 2.75) is 0 Å². The number of nitrogens with one attached hydrogen (secondary N) is 1. The van der Waals surface area contributed by atoms with Gasteiger partial charge in [-0.05, 0) is 18.2 Å². The summed E-state index contributed by atoms with van der Waals surface area (Å²) in [6.45, 7) is 0. The third-order valence-electron chi connectivity index (χ3n) is 1.96. The van der Waals surface area contributed by atoms with Crippen molar-refractivity contribution in [1.82, 2.24) is 10.2 Å². The second kappa shape index (κ2) is 3.67. The molecule has 1 aromatic rings. The first kappa shape index (κ1) is 10.2. The number of hydrogen-bond donors (Lipinski definition) is 1. The molecule has 78 valence electrons. The van der Waals surface area contributed by atoms with E-state index in [4.69, 9.17) is 11.6 Å². The molecule has 1 aliphatic heterocycles. The van der Waals surface area contributed by atoms with Crippen molar-refractivity contribution in [2.75, 3.05) is 7.05 Å². The van der Waals surface area contributed by atoms with Crippen LogP contribution >= 0.6 is 22.9 Å². The SMILES string of the molecule is CN1C(=O)N/C(=C/c2ccc(Cl)s2)C1=O. The minimum absolute atomic E-state index is 0.279. The number of thiophene rings is 1. The predicted molar refractivity (Wildman–Crippen MR) is 58.6 cm³/mol. The fourth-order valence-electron chi connectivity index (χ4n) is 1.17. The Bertz CT molecular complexity index is 466. The number of imide groups is 1. The Hall–Kier alpha value is -1.33. The molecule has 2 rings (SSSR count). The highest BCUT2D eigenvalue weighted by atomic mass is 35.5. The van der Waals surface area contributed by atoms with E-state index < -0.39 is 6.03 Å². The van der Waals surface area contributed by atoms with E-state index in [0.29, 0.717) is 4.34 Å². The van der Waals surface area contributed by atoms with E-state index in [1.165, 1.54) is 18.4 Å². The van der Waals surface area contributed by atoms with Gasteiger partial charge in [-0.2, -0.15) is 0 Å². The molecule has 0 aromatic carbocycles. The fraction of sp³-hybridized carbons (Fsp3) is 0.111. The number of rotatable bonds is 1. The highest BCUT2D eigenvalue weighted by molar-refractivity contribution is 7.17. The molecule has 6 heteroatoms. The molecule has 1 aromatic heterocycles. The van der Waals surface area contributed by atoms with E-state index in [2.05, 4.69) is 5.32 Å². The van der Waals surface area contributed by atoms with Gasteiger partial charge in [0.2, 0.25) is 0 Å². The molecule has 0 radical (unpaired) electrons. The van der Waals surface area contributed by atoms with Gasteiger partial charge in [0.1, 0.15) is 5.70 Å². The van der Waals surface area contributed by atoms with Crippen molar-refractivity contribution in [1.29, 1.82) is 0 Å². The Kier molecular flexibility index (Phi) is 2.50. The molecule has 3 amide bonds. The van der Waals surface area contributed by atoms with E-state index in [1.54, 1.807) is 18.2 Å². The number of carbonyl (C=O) groups is 2. The third-order valence-corrected chi connectivity index (χ3v) is 3.14. The lowest BCUT2D eigenvalue weighted by Gasteiger charge is -1.99. The second-order valence-electron chi connectivity index (χ2n) is 2.99. The van der Waals surface area contributed by atoms with Crippen LogP contribution in [0.25, 0.3) is 6.08 Å². The van der Waals surface area contributed by atoms with E-state index >= 15 is 0 Å². The van der Waals surface area contributed by atoms with Crippen molar-refractivity contribution in [3.05, 3.63) is 27.0 Å². The summed E-state index contributed by atoms with van der Waals surface area (Å²) >= 11 is 7.09. The minimum Gasteiger partial charge on any atom is -0.303 e. The smallest absolute Gasteiger partial charge is 0.303 e. The summed E-state index contributed by atoms with van der Waals surface area (Å²) in [5.41, 5.74) is 0.279. The van der Waals surface area contributed by atoms with Crippen molar-refractivity contribution in [3.8, 4) is 0 Å². The highest BCUT2D eigenvalue weighted by Crippen LogP contribution is 2.24. The molecule has 1 aliphatic rings.